The van der Waals surface area contributed by atoms with Crippen molar-refractivity contribution in [3.63, 3.8) is 0 Å². The zero-order chi connectivity index (χ0) is 12.7. The molecule has 1 amide bonds. The summed E-state index contributed by atoms with van der Waals surface area (Å²) in [7, 11) is 0. The number of carboxylic acid groups (broad SMARTS) is 1. The second-order valence-corrected chi connectivity index (χ2v) is 5.11. The van der Waals surface area contributed by atoms with Crippen LogP contribution in [-0.2, 0) is 22.4 Å². The van der Waals surface area contributed by atoms with Crippen LogP contribution in [0.15, 0.2) is 18.2 Å². The summed E-state index contributed by atoms with van der Waals surface area (Å²) in [5, 5.41) is 11.6. The lowest BCUT2D eigenvalue weighted by Crippen LogP contribution is -2.16. The molecular formula is C14H15NO3. The first-order valence-electron chi connectivity index (χ1n) is 6.30. The van der Waals surface area contributed by atoms with Crippen molar-refractivity contribution in [3.05, 3.63) is 29.3 Å². The summed E-state index contributed by atoms with van der Waals surface area (Å²) in [6.45, 7) is 0. The monoisotopic (exact) mass is 245 g/mol. The number of rotatable bonds is 3. The third-order valence-corrected chi connectivity index (χ3v) is 3.81. The van der Waals surface area contributed by atoms with Crippen molar-refractivity contribution in [2.75, 3.05) is 5.32 Å². The first kappa shape index (κ1) is 11.3. The van der Waals surface area contributed by atoms with Crippen LogP contribution >= 0.6 is 0 Å². The molecule has 1 aromatic rings. The Bertz CT molecular complexity index is 524. The highest BCUT2D eigenvalue weighted by atomic mass is 16.4. The summed E-state index contributed by atoms with van der Waals surface area (Å²) in [5.74, 6) is -1.88. The fourth-order valence-electron chi connectivity index (χ4n) is 2.64. The standard InChI is InChI=1S/C14H15NO3/c16-13(11-7-12(11)14(17)18)15-10-5-4-8-2-1-3-9(8)6-10/h4-6,11-12H,1-3,7H2,(H,15,16)(H,17,18). The quantitative estimate of drug-likeness (QED) is 0.853. The number of carbonyl (C=O) groups excluding carboxylic acids is 1. The van der Waals surface area contributed by atoms with Gasteiger partial charge in [0.1, 0.15) is 0 Å². The van der Waals surface area contributed by atoms with E-state index in [0.717, 1.165) is 18.5 Å². The average molecular weight is 245 g/mol. The smallest absolute Gasteiger partial charge is 0.307 e. The molecule has 2 atom stereocenters. The van der Waals surface area contributed by atoms with Crippen molar-refractivity contribution < 1.29 is 14.7 Å². The van der Waals surface area contributed by atoms with Gasteiger partial charge >= 0.3 is 5.97 Å². The molecule has 1 fully saturated rings. The van der Waals surface area contributed by atoms with Gasteiger partial charge in [0.2, 0.25) is 5.91 Å². The molecular weight excluding hydrogens is 230 g/mol. The summed E-state index contributed by atoms with van der Waals surface area (Å²) >= 11 is 0. The van der Waals surface area contributed by atoms with Crippen LogP contribution in [0.2, 0.25) is 0 Å². The molecule has 2 aliphatic carbocycles. The predicted octanol–water partition coefficient (Wildman–Crippen LogP) is 1.83. The van der Waals surface area contributed by atoms with Crippen LogP contribution in [0.25, 0.3) is 0 Å². The van der Waals surface area contributed by atoms with Crippen molar-refractivity contribution in [2.45, 2.75) is 25.7 Å². The largest absolute Gasteiger partial charge is 0.481 e. The molecule has 1 saturated carbocycles. The van der Waals surface area contributed by atoms with E-state index in [4.69, 9.17) is 5.11 Å². The van der Waals surface area contributed by atoms with Gasteiger partial charge in [0.25, 0.3) is 0 Å². The Kier molecular flexibility index (Phi) is 2.58. The number of carboxylic acids is 1. The molecule has 18 heavy (non-hydrogen) atoms. The Morgan fingerprint density at radius 2 is 1.94 bits per heavy atom. The van der Waals surface area contributed by atoms with Crippen LogP contribution in [-0.4, -0.2) is 17.0 Å². The lowest BCUT2D eigenvalue weighted by atomic mass is 10.1. The van der Waals surface area contributed by atoms with Gasteiger partial charge in [0.15, 0.2) is 0 Å². The molecule has 4 nitrogen and oxygen atoms in total. The van der Waals surface area contributed by atoms with Crippen molar-refractivity contribution in [2.24, 2.45) is 11.8 Å². The molecule has 2 N–H and O–H groups in total. The number of anilines is 1. The van der Waals surface area contributed by atoms with Gasteiger partial charge in [-0.2, -0.15) is 0 Å². The van der Waals surface area contributed by atoms with E-state index in [-0.39, 0.29) is 11.8 Å². The maximum atomic E-state index is 11.8. The fourth-order valence-corrected chi connectivity index (χ4v) is 2.64. The molecule has 94 valence electrons. The van der Waals surface area contributed by atoms with Crippen LogP contribution in [0.3, 0.4) is 0 Å². The van der Waals surface area contributed by atoms with Crippen LogP contribution in [0, 0.1) is 11.8 Å². The van der Waals surface area contributed by atoms with E-state index in [9.17, 15) is 9.59 Å². The topological polar surface area (TPSA) is 66.4 Å². The van der Waals surface area contributed by atoms with Gasteiger partial charge in [-0.25, -0.2) is 0 Å². The Hall–Kier alpha value is -1.84. The molecule has 2 unspecified atom stereocenters. The summed E-state index contributed by atoms with van der Waals surface area (Å²) in [6, 6.07) is 5.97. The number of fused-ring (bicyclic) bond motifs is 1. The molecule has 1 aromatic carbocycles. The lowest BCUT2D eigenvalue weighted by molar-refractivity contribution is -0.139. The molecule has 0 heterocycles. The SMILES string of the molecule is O=C(O)C1CC1C(=O)Nc1ccc2c(c1)CCC2. The number of nitrogens with one attached hydrogen (secondary N) is 1. The average Bonchev–Trinajstić information content (AvgIpc) is 3.02. The van der Waals surface area contributed by atoms with Crippen LogP contribution < -0.4 is 5.32 Å². The lowest BCUT2D eigenvalue weighted by Gasteiger charge is -2.06. The Morgan fingerprint density at radius 1 is 1.17 bits per heavy atom. The van der Waals surface area contributed by atoms with Gasteiger partial charge in [-0.3, -0.25) is 9.59 Å². The predicted molar refractivity (Wildman–Crippen MR) is 66.3 cm³/mol. The highest BCUT2D eigenvalue weighted by molar-refractivity contribution is 5.98. The van der Waals surface area contributed by atoms with Crippen molar-refractivity contribution in [1.29, 1.82) is 0 Å². The van der Waals surface area contributed by atoms with Crippen LogP contribution in [0.1, 0.15) is 24.0 Å². The number of aliphatic carboxylic acids is 1. The maximum absolute atomic E-state index is 11.8. The van der Waals surface area contributed by atoms with E-state index in [1.807, 2.05) is 12.1 Å². The fraction of sp³-hybridized carbons (Fsp3) is 0.429. The normalized spacial score (nSPS) is 24.4. The maximum Gasteiger partial charge on any atom is 0.307 e. The third kappa shape index (κ3) is 1.98. The summed E-state index contributed by atoms with van der Waals surface area (Å²) in [4.78, 5) is 22.5. The Morgan fingerprint density at radius 3 is 2.67 bits per heavy atom. The number of hydrogen-bond donors (Lipinski definition) is 2. The molecule has 0 aromatic heterocycles. The number of aryl methyl sites for hydroxylation is 2. The minimum Gasteiger partial charge on any atom is -0.481 e. The number of benzene rings is 1. The van der Waals surface area contributed by atoms with E-state index in [1.165, 1.54) is 17.5 Å². The van der Waals surface area contributed by atoms with E-state index in [0.29, 0.717) is 6.42 Å². The zero-order valence-corrected chi connectivity index (χ0v) is 9.98. The second kappa shape index (κ2) is 4.12. The van der Waals surface area contributed by atoms with E-state index in [2.05, 4.69) is 11.4 Å². The summed E-state index contributed by atoms with van der Waals surface area (Å²) < 4.78 is 0. The van der Waals surface area contributed by atoms with Gasteiger partial charge in [0, 0.05) is 5.69 Å². The van der Waals surface area contributed by atoms with Gasteiger partial charge in [-0.15, -0.1) is 0 Å². The number of carbonyl (C=O) groups is 2. The first-order chi connectivity index (χ1) is 8.65. The summed E-state index contributed by atoms with van der Waals surface area (Å²) in [6.07, 6.45) is 3.83. The summed E-state index contributed by atoms with van der Waals surface area (Å²) in [5.41, 5.74) is 3.46. The first-order valence-corrected chi connectivity index (χ1v) is 6.30. The number of hydrogen-bond acceptors (Lipinski definition) is 2. The van der Waals surface area contributed by atoms with Crippen molar-refractivity contribution in [3.8, 4) is 0 Å². The van der Waals surface area contributed by atoms with Gasteiger partial charge in [-0.1, -0.05) is 6.07 Å². The van der Waals surface area contributed by atoms with E-state index >= 15 is 0 Å². The van der Waals surface area contributed by atoms with Crippen LogP contribution in [0.5, 0.6) is 0 Å². The molecule has 0 bridgehead atoms. The van der Waals surface area contributed by atoms with E-state index in [1.54, 1.807) is 0 Å². The van der Waals surface area contributed by atoms with Crippen molar-refractivity contribution >= 4 is 17.6 Å². The highest BCUT2D eigenvalue weighted by Crippen LogP contribution is 2.39. The molecule has 0 radical (unpaired) electrons. The zero-order valence-electron chi connectivity index (χ0n) is 9.98. The van der Waals surface area contributed by atoms with Gasteiger partial charge in [0.05, 0.1) is 11.8 Å². The minimum absolute atomic E-state index is 0.166. The van der Waals surface area contributed by atoms with Gasteiger partial charge in [-0.05, 0) is 48.9 Å². The molecule has 0 saturated heterocycles. The highest BCUT2D eigenvalue weighted by Gasteiger charge is 2.48. The van der Waals surface area contributed by atoms with Gasteiger partial charge < -0.3 is 10.4 Å². The Balaban J connectivity index is 1.67. The van der Waals surface area contributed by atoms with Crippen LogP contribution in [0.4, 0.5) is 5.69 Å². The minimum atomic E-state index is -0.871. The molecule has 4 heteroatoms. The van der Waals surface area contributed by atoms with Crippen molar-refractivity contribution in [1.82, 2.24) is 0 Å². The third-order valence-electron chi connectivity index (χ3n) is 3.81. The van der Waals surface area contributed by atoms with E-state index < -0.39 is 11.9 Å². The molecule has 2 aliphatic rings. The molecule has 0 spiro atoms. The number of amides is 1. The Labute approximate surface area is 105 Å². The molecule has 3 rings (SSSR count). The second-order valence-electron chi connectivity index (χ2n) is 5.11. The molecule has 0 aliphatic heterocycles.